The molecule has 1 amide bonds. The number of rotatable bonds is 54. The topological polar surface area (TPSA) is 110 Å². The van der Waals surface area contributed by atoms with E-state index in [4.69, 9.17) is 0 Å². The molecular weight excluding hydrogens is 803 g/mol. The van der Waals surface area contributed by atoms with Gasteiger partial charge >= 0.3 is 0 Å². The highest BCUT2D eigenvalue weighted by atomic mass is 16.3. The molecule has 6 heteroatoms. The van der Waals surface area contributed by atoms with Crippen LogP contribution in [0.15, 0.2) is 24.3 Å². The summed E-state index contributed by atoms with van der Waals surface area (Å²) in [5, 5.41) is 44.0. The Hall–Kier alpha value is -1.21. The number of hydrogen-bond acceptors (Lipinski definition) is 5. The smallest absolute Gasteiger partial charge is 0.249 e. The molecule has 4 atom stereocenters. The Labute approximate surface area is 405 Å². The maximum atomic E-state index is 12.6. The van der Waals surface area contributed by atoms with Crippen molar-refractivity contribution in [3.63, 3.8) is 0 Å². The average Bonchev–Trinajstić information content (AvgIpc) is 3.31. The standard InChI is InChI=1S/C59H115NO5/c1-3-5-7-9-11-13-15-17-19-21-23-24-25-26-27-28-29-30-31-32-33-34-35-37-39-41-43-45-47-49-51-53-57(63)59(65)60-55(54-61)58(64)56(62)52-50-48-46-44-42-40-38-36-22-20-18-16-14-12-10-8-6-4-2/h26-27,44,46,55-58,61-64H,3-25,28-43,45,47-54H2,1-2H3,(H,60,65)/b27-26-,46-44+. The van der Waals surface area contributed by atoms with Crippen molar-refractivity contribution in [2.75, 3.05) is 6.61 Å². The minimum Gasteiger partial charge on any atom is -0.394 e. The summed E-state index contributed by atoms with van der Waals surface area (Å²) in [5.41, 5.74) is 0. The number of carbonyl (C=O) groups excluding carboxylic acids is 1. The van der Waals surface area contributed by atoms with E-state index < -0.39 is 36.9 Å². The summed E-state index contributed by atoms with van der Waals surface area (Å²) in [7, 11) is 0. The summed E-state index contributed by atoms with van der Waals surface area (Å²) >= 11 is 0. The number of amides is 1. The minimum absolute atomic E-state index is 0.366. The molecule has 4 unspecified atom stereocenters. The Kier molecular flexibility index (Phi) is 52.7. The fourth-order valence-corrected chi connectivity index (χ4v) is 9.29. The van der Waals surface area contributed by atoms with Crippen molar-refractivity contribution in [3.8, 4) is 0 Å². The molecule has 0 aliphatic rings. The molecule has 386 valence electrons. The maximum Gasteiger partial charge on any atom is 0.249 e. The van der Waals surface area contributed by atoms with Crippen molar-refractivity contribution in [1.82, 2.24) is 5.32 Å². The summed E-state index contributed by atoms with van der Waals surface area (Å²) in [6, 6.07) is -1.00. The third kappa shape index (κ3) is 47.6. The molecule has 0 spiro atoms. The molecule has 0 radical (unpaired) electrons. The first-order valence-corrected chi connectivity index (χ1v) is 29.2. The van der Waals surface area contributed by atoms with Gasteiger partial charge in [-0.25, -0.2) is 0 Å². The molecule has 0 fully saturated rings. The van der Waals surface area contributed by atoms with Gasteiger partial charge in [0, 0.05) is 0 Å². The number of aliphatic hydroxyl groups is 4. The second-order valence-electron chi connectivity index (χ2n) is 20.3. The third-order valence-corrected chi connectivity index (χ3v) is 13.9. The van der Waals surface area contributed by atoms with Gasteiger partial charge in [0.2, 0.25) is 5.91 Å². The molecule has 6 nitrogen and oxygen atoms in total. The second kappa shape index (κ2) is 53.7. The Morgan fingerprint density at radius 2 is 0.631 bits per heavy atom. The lowest BCUT2D eigenvalue weighted by atomic mass is 10.00. The van der Waals surface area contributed by atoms with Crippen LogP contribution in [0.25, 0.3) is 0 Å². The fraction of sp³-hybridized carbons (Fsp3) is 0.915. The Morgan fingerprint density at radius 1 is 0.369 bits per heavy atom. The van der Waals surface area contributed by atoms with Crippen molar-refractivity contribution in [2.24, 2.45) is 0 Å². The van der Waals surface area contributed by atoms with Gasteiger partial charge in [0.1, 0.15) is 12.2 Å². The van der Waals surface area contributed by atoms with E-state index in [2.05, 4.69) is 43.5 Å². The summed E-state index contributed by atoms with van der Waals surface area (Å²) in [6.07, 6.45) is 65.5. The average molecular weight is 919 g/mol. The van der Waals surface area contributed by atoms with Crippen LogP contribution in [0.1, 0.15) is 316 Å². The molecule has 0 aliphatic carbocycles. The van der Waals surface area contributed by atoms with Gasteiger partial charge in [-0.3, -0.25) is 4.79 Å². The number of unbranched alkanes of at least 4 members (excludes halogenated alkanes) is 41. The van der Waals surface area contributed by atoms with Gasteiger partial charge in [-0.1, -0.05) is 276 Å². The van der Waals surface area contributed by atoms with E-state index in [9.17, 15) is 25.2 Å². The normalized spacial score (nSPS) is 13.9. The Bertz CT molecular complexity index is 986. The highest BCUT2D eigenvalue weighted by molar-refractivity contribution is 5.80. The van der Waals surface area contributed by atoms with E-state index in [1.165, 1.54) is 250 Å². The van der Waals surface area contributed by atoms with Crippen LogP contribution in [0.2, 0.25) is 0 Å². The largest absolute Gasteiger partial charge is 0.394 e. The first kappa shape index (κ1) is 63.8. The fourth-order valence-electron chi connectivity index (χ4n) is 9.29. The van der Waals surface area contributed by atoms with E-state index in [1.54, 1.807) is 0 Å². The van der Waals surface area contributed by atoms with E-state index in [1.807, 2.05) is 0 Å². The first-order chi connectivity index (χ1) is 32.0. The van der Waals surface area contributed by atoms with E-state index in [-0.39, 0.29) is 0 Å². The zero-order chi connectivity index (χ0) is 47.4. The summed E-state index contributed by atoms with van der Waals surface area (Å²) in [5.74, 6) is -0.589. The number of nitrogens with one attached hydrogen (secondary N) is 1. The first-order valence-electron chi connectivity index (χ1n) is 29.2. The molecule has 0 saturated heterocycles. The van der Waals surface area contributed by atoms with Gasteiger partial charge < -0.3 is 25.7 Å². The zero-order valence-electron chi connectivity index (χ0n) is 43.8. The van der Waals surface area contributed by atoms with Crippen LogP contribution < -0.4 is 5.32 Å². The molecule has 5 N–H and O–H groups in total. The number of aliphatic hydroxyl groups excluding tert-OH is 4. The highest BCUT2D eigenvalue weighted by Crippen LogP contribution is 2.18. The molecule has 0 bridgehead atoms. The monoisotopic (exact) mass is 918 g/mol. The Morgan fingerprint density at radius 3 is 0.923 bits per heavy atom. The van der Waals surface area contributed by atoms with E-state index in [0.29, 0.717) is 12.8 Å². The predicted molar refractivity (Wildman–Crippen MR) is 284 cm³/mol. The van der Waals surface area contributed by atoms with Crippen LogP contribution in [0, 0.1) is 0 Å². The van der Waals surface area contributed by atoms with Gasteiger partial charge in [0.25, 0.3) is 0 Å². The number of hydrogen-bond donors (Lipinski definition) is 5. The van der Waals surface area contributed by atoms with Gasteiger partial charge in [-0.15, -0.1) is 0 Å². The van der Waals surface area contributed by atoms with Crippen LogP contribution in [0.4, 0.5) is 0 Å². The molecule has 0 heterocycles. The van der Waals surface area contributed by atoms with Gasteiger partial charge in [0.15, 0.2) is 0 Å². The summed E-state index contributed by atoms with van der Waals surface area (Å²) < 4.78 is 0. The lowest BCUT2D eigenvalue weighted by molar-refractivity contribution is -0.132. The summed E-state index contributed by atoms with van der Waals surface area (Å²) in [4.78, 5) is 12.6. The molecular formula is C59H115NO5. The van der Waals surface area contributed by atoms with Crippen molar-refractivity contribution < 1.29 is 25.2 Å². The quantitative estimate of drug-likeness (QED) is 0.0308. The predicted octanol–water partition coefficient (Wildman–Crippen LogP) is 17.0. The number of carbonyl (C=O) groups is 1. The van der Waals surface area contributed by atoms with E-state index in [0.717, 1.165) is 38.5 Å². The highest BCUT2D eigenvalue weighted by Gasteiger charge is 2.28. The molecule has 0 rings (SSSR count). The van der Waals surface area contributed by atoms with Crippen LogP contribution in [-0.2, 0) is 4.79 Å². The van der Waals surface area contributed by atoms with Crippen LogP contribution >= 0.6 is 0 Å². The van der Waals surface area contributed by atoms with Crippen LogP contribution in [0.5, 0.6) is 0 Å². The van der Waals surface area contributed by atoms with Crippen molar-refractivity contribution >= 4 is 5.91 Å². The van der Waals surface area contributed by atoms with Crippen LogP contribution in [0.3, 0.4) is 0 Å². The lowest BCUT2D eigenvalue weighted by Crippen LogP contribution is -2.53. The minimum atomic E-state index is -1.28. The molecule has 0 aliphatic heterocycles. The lowest BCUT2D eigenvalue weighted by Gasteiger charge is -2.27. The van der Waals surface area contributed by atoms with Crippen molar-refractivity contribution in [2.45, 2.75) is 340 Å². The molecule has 0 saturated carbocycles. The molecule has 0 aromatic rings. The maximum absolute atomic E-state index is 12.6. The van der Waals surface area contributed by atoms with Crippen LogP contribution in [-0.4, -0.2) is 57.3 Å². The SMILES string of the molecule is CCCCCCCCCCCCCC/C=C\CCCCCCCCCCCCCCCCCC(O)C(=O)NC(CO)C(O)C(O)CCC/C=C/CCCCCCCCCCCCCCC. The molecule has 0 aromatic heterocycles. The van der Waals surface area contributed by atoms with Crippen molar-refractivity contribution in [1.29, 1.82) is 0 Å². The number of allylic oxidation sites excluding steroid dienone is 4. The molecule has 65 heavy (non-hydrogen) atoms. The Balaban J connectivity index is 3.59. The second-order valence-corrected chi connectivity index (χ2v) is 20.3. The van der Waals surface area contributed by atoms with Crippen molar-refractivity contribution in [3.05, 3.63) is 24.3 Å². The molecule has 0 aromatic carbocycles. The van der Waals surface area contributed by atoms with Gasteiger partial charge in [-0.05, 0) is 64.2 Å². The summed E-state index contributed by atoms with van der Waals surface area (Å²) in [6.45, 7) is 4.08. The van der Waals surface area contributed by atoms with Gasteiger partial charge in [0.05, 0.1) is 18.8 Å². The third-order valence-electron chi connectivity index (χ3n) is 13.9. The van der Waals surface area contributed by atoms with Gasteiger partial charge in [-0.2, -0.15) is 0 Å². The zero-order valence-corrected chi connectivity index (χ0v) is 43.8. The van der Waals surface area contributed by atoms with E-state index >= 15 is 0 Å².